The number of furan rings is 1. The van der Waals surface area contributed by atoms with Gasteiger partial charge in [-0.15, -0.1) is 0 Å². The van der Waals surface area contributed by atoms with Crippen molar-refractivity contribution in [2.75, 3.05) is 19.6 Å². The van der Waals surface area contributed by atoms with E-state index in [4.69, 9.17) is 4.42 Å². The molecule has 112 heavy (non-hydrogen) atoms. The molecule has 5 heterocycles. The second kappa shape index (κ2) is 22.9. The second-order valence-electron chi connectivity index (χ2n) is 33.4. The Morgan fingerprint density at radius 3 is 1.22 bits per heavy atom. The van der Waals surface area contributed by atoms with Crippen LogP contribution < -0.4 is 52.4 Å². The molecule has 24 rings (SSSR count). The van der Waals surface area contributed by atoms with Gasteiger partial charge in [-0.05, 0) is 254 Å². The molecule has 17 aromatic rings. The van der Waals surface area contributed by atoms with Crippen LogP contribution in [-0.4, -0.2) is 13.4 Å². The minimum atomic E-state index is -0.284. The van der Waals surface area contributed by atoms with Gasteiger partial charge in [-0.1, -0.05) is 260 Å². The third-order valence-electron chi connectivity index (χ3n) is 26.6. The van der Waals surface area contributed by atoms with E-state index in [0.717, 1.165) is 50.1 Å². The molecule has 526 valence electrons. The maximum atomic E-state index is 6.29. The van der Waals surface area contributed by atoms with Crippen molar-refractivity contribution in [3.8, 4) is 66.8 Å². The smallest absolute Gasteiger partial charge is 0.252 e. The maximum Gasteiger partial charge on any atom is 0.252 e. The lowest BCUT2D eigenvalue weighted by molar-refractivity contribution is 0.660. The molecule has 0 atom stereocenters. The fourth-order valence-corrected chi connectivity index (χ4v) is 21.6. The maximum absolute atomic E-state index is 6.29. The first-order valence-corrected chi connectivity index (χ1v) is 39.6. The molecule has 1 aromatic heterocycles. The predicted octanol–water partition coefficient (Wildman–Crippen LogP) is 23.7. The molecular formula is C105H74B2N4O. The molecular weight excluding hydrogens is 1350 g/mol. The van der Waals surface area contributed by atoms with Crippen LogP contribution in [0.15, 0.2) is 344 Å². The summed E-state index contributed by atoms with van der Waals surface area (Å²) in [4.78, 5) is 10.1. The molecule has 0 N–H and O–H groups in total. The highest BCUT2D eigenvalue weighted by molar-refractivity contribution is 7.01. The first-order chi connectivity index (χ1) is 54.8. The van der Waals surface area contributed by atoms with E-state index in [1.165, 1.54) is 173 Å². The van der Waals surface area contributed by atoms with Gasteiger partial charge in [0, 0.05) is 95.3 Å². The van der Waals surface area contributed by atoms with Gasteiger partial charge in [0.1, 0.15) is 11.2 Å². The Balaban J connectivity index is 0.589. The Hall–Kier alpha value is -13.4. The average Bonchev–Trinajstić information content (AvgIpc) is 0.992. The Morgan fingerprint density at radius 1 is 0.232 bits per heavy atom. The second-order valence-corrected chi connectivity index (χ2v) is 33.4. The molecule has 0 saturated heterocycles. The lowest BCUT2D eigenvalue weighted by atomic mass is 9.33. The number of hydrogen-bond acceptors (Lipinski definition) is 5. The molecule has 0 amide bonds. The number of benzene rings is 16. The Morgan fingerprint density at radius 2 is 0.634 bits per heavy atom. The van der Waals surface area contributed by atoms with E-state index in [1.54, 1.807) is 0 Å². The van der Waals surface area contributed by atoms with Crippen LogP contribution in [0.4, 0.5) is 68.2 Å². The highest BCUT2D eigenvalue weighted by Gasteiger charge is 2.48. The molecule has 0 saturated carbocycles. The zero-order valence-electron chi connectivity index (χ0n) is 63.2. The van der Waals surface area contributed by atoms with Gasteiger partial charge in [0.2, 0.25) is 0 Å². The minimum Gasteiger partial charge on any atom is -0.456 e. The lowest BCUT2D eigenvalue weighted by Gasteiger charge is -2.44. The molecule has 0 fully saturated rings. The van der Waals surface area contributed by atoms with Gasteiger partial charge in [0.15, 0.2) is 0 Å². The summed E-state index contributed by atoms with van der Waals surface area (Å²) in [6, 6.07) is 129. The van der Waals surface area contributed by atoms with Crippen LogP contribution >= 0.6 is 0 Å². The van der Waals surface area contributed by atoms with Crippen LogP contribution in [-0.2, 0) is 16.2 Å². The van der Waals surface area contributed by atoms with Gasteiger partial charge in [0.05, 0.1) is 0 Å². The SMILES string of the molecule is CC1(C)c2ccccc2-c2ccc(N3c4ccccc4B4c5ccccc5N(c5ccc(-c6ccc(-c7ccc8c(c7)-c7ccc(N9c%10ccccc%10B%10c%11ccccc%11N(c%11cccc(-c%12ccc%13oc%14ccccc%14c%13c%12)c%11)c%11cccc9c%11%10)cc7C8(C)C)c7c6C(C)(C)c6ccccc6-7)cc5)c5cccc3c54)cc21. The first-order valence-electron chi connectivity index (χ1n) is 39.6. The van der Waals surface area contributed by atoms with Crippen molar-refractivity contribution in [1.82, 2.24) is 0 Å². The van der Waals surface area contributed by atoms with E-state index >= 15 is 0 Å². The summed E-state index contributed by atoms with van der Waals surface area (Å²) in [5, 5.41) is 2.26. The molecule has 16 aromatic carbocycles. The van der Waals surface area contributed by atoms with E-state index in [-0.39, 0.29) is 29.7 Å². The van der Waals surface area contributed by atoms with Crippen LogP contribution in [0, 0.1) is 0 Å². The van der Waals surface area contributed by atoms with E-state index in [2.05, 4.69) is 395 Å². The van der Waals surface area contributed by atoms with Gasteiger partial charge < -0.3 is 24.0 Å². The Bertz CT molecular complexity index is 7000. The summed E-state index contributed by atoms with van der Waals surface area (Å²) in [6.07, 6.45) is 0. The fourth-order valence-electron chi connectivity index (χ4n) is 21.6. The van der Waals surface area contributed by atoms with E-state index in [1.807, 2.05) is 6.07 Å². The molecule has 3 aliphatic carbocycles. The highest BCUT2D eigenvalue weighted by atomic mass is 16.3. The number of para-hydroxylation sites is 5. The molecule has 0 bridgehead atoms. The third-order valence-corrected chi connectivity index (χ3v) is 26.6. The van der Waals surface area contributed by atoms with Gasteiger partial charge in [0.25, 0.3) is 13.4 Å². The van der Waals surface area contributed by atoms with Gasteiger partial charge in [-0.3, -0.25) is 0 Å². The predicted molar refractivity (Wildman–Crippen MR) is 471 cm³/mol. The number of anilines is 12. The van der Waals surface area contributed by atoms with Gasteiger partial charge >= 0.3 is 0 Å². The topological polar surface area (TPSA) is 26.1 Å². The van der Waals surface area contributed by atoms with Crippen LogP contribution in [0.2, 0.25) is 0 Å². The quantitative estimate of drug-likeness (QED) is 0.148. The minimum absolute atomic E-state index is 0.0271. The summed E-state index contributed by atoms with van der Waals surface area (Å²) < 4.78 is 6.29. The number of fused-ring (bicyclic) bond motifs is 20. The molecule has 0 spiro atoms. The van der Waals surface area contributed by atoms with Crippen molar-refractivity contribution in [3.05, 3.63) is 373 Å². The normalized spacial score (nSPS) is 15.2. The molecule has 0 radical (unpaired) electrons. The van der Waals surface area contributed by atoms with E-state index in [0.29, 0.717) is 0 Å². The molecule has 4 aliphatic heterocycles. The molecule has 7 aliphatic rings. The monoisotopic (exact) mass is 1430 g/mol. The lowest BCUT2D eigenvalue weighted by Crippen LogP contribution is -2.61. The zero-order valence-corrected chi connectivity index (χ0v) is 63.2. The standard InChI is InChI=1S/C105H74B2N4O/c1-103(2)80-29-10-7-26-73(80)74-52-50-69(61-83(74)103)110-91-37-18-14-33-87(91)106-85-31-12-16-35-89(85)108(93-39-22-41-95(110)101(93)106)67-48-44-63(45-49-67)72-55-54-71(99-77-28-8-11-30-81(77)105(5,6)100(72)99)66-46-56-82-78(60-66)75-53-51-70(62-84(75)104(82,3)4)111-92-38-19-15-34-88(92)107-86-32-13-17-36-90(86)109(94-40-23-42-96(111)102(94)107)68-25-21-24-64(58-68)65-47-57-98-79(59-65)76-27-9-20-43-97(76)112-98/h7-62H,1-6H3. The Labute approximate surface area is 653 Å². The fraction of sp³-hybridized carbons (Fsp3) is 0.0857. The molecule has 7 heteroatoms. The Kier molecular flexibility index (Phi) is 13.0. The van der Waals surface area contributed by atoms with Crippen LogP contribution in [0.5, 0.6) is 0 Å². The number of hydrogen-bond donors (Lipinski definition) is 0. The van der Waals surface area contributed by atoms with Gasteiger partial charge in [-0.25, -0.2) is 0 Å². The summed E-state index contributed by atoms with van der Waals surface area (Å²) in [7, 11) is 0. The average molecular weight is 1430 g/mol. The van der Waals surface area contributed by atoms with Crippen molar-refractivity contribution < 1.29 is 4.42 Å². The van der Waals surface area contributed by atoms with E-state index < -0.39 is 0 Å². The van der Waals surface area contributed by atoms with Crippen LogP contribution in [0.3, 0.4) is 0 Å². The van der Waals surface area contributed by atoms with Crippen molar-refractivity contribution in [2.45, 2.75) is 57.8 Å². The summed E-state index contributed by atoms with van der Waals surface area (Å²) in [6.45, 7) is 14.6. The largest absolute Gasteiger partial charge is 0.456 e. The highest BCUT2D eigenvalue weighted by Crippen LogP contribution is 2.59. The first kappa shape index (κ1) is 63.6. The van der Waals surface area contributed by atoms with Gasteiger partial charge in [-0.2, -0.15) is 0 Å². The number of nitrogens with zero attached hydrogens (tertiary/aromatic N) is 4. The summed E-state index contributed by atoms with van der Waals surface area (Å²) >= 11 is 0. The zero-order chi connectivity index (χ0) is 74.4. The van der Waals surface area contributed by atoms with Crippen LogP contribution in [0.25, 0.3) is 88.7 Å². The van der Waals surface area contributed by atoms with Crippen molar-refractivity contribution in [1.29, 1.82) is 0 Å². The van der Waals surface area contributed by atoms with Crippen molar-refractivity contribution in [3.63, 3.8) is 0 Å². The molecule has 5 nitrogen and oxygen atoms in total. The summed E-state index contributed by atoms with van der Waals surface area (Å²) in [5.74, 6) is 0. The number of rotatable bonds is 7. The van der Waals surface area contributed by atoms with Crippen molar-refractivity contribution >= 4 is 136 Å². The molecule has 0 unspecified atom stereocenters. The summed E-state index contributed by atoms with van der Waals surface area (Å²) in [5.41, 5.74) is 46.5. The van der Waals surface area contributed by atoms with Crippen LogP contribution in [0.1, 0.15) is 74.9 Å². The van der Waals surface area contributed by atoms with Crippen molar-refractivity contribution in [2.24, 2.45) is 0 Å². The van der Waals surface area contributed by atoms with E-state index in [9.17, 15) is 0 Å². The third kappa shape index (κ3) is 8.60.